The summed E-state index contributed by atoms with van der Waals surface area (Å²) in [5, 5.41) is 12.4. The zero-order valence-corrected chi connectivity index (χ0v) is 12.3. The molecule has 0 aliphatic carbocycles. The minimum atomic E-state index is -0.652. The normalized spacial score (nSPS) is 10.8. The van der Waals surface area contributed by atoms with Crippen LogP contribution in [0.2, 0.25) is 0 Å². The molecule has 0 saturated heterocycles. The van der Waals surface area contributed by atoms with Gasteiger partial charge in [-0.3, -0.25) is 4.79 Å². The summed E-state index contributed by atoms with van der Waals surface area (Å²) in [6.07, 6.45) is 0. The zero-order chi connectivity index (χ0) is 14.5. The summed E-state index contributed by atoms with van der Waals surface area (Å²) in [6.45, 7) is 6.00. The Balaban J connectivity index is 2.93. The number of amides is 1. The van der Waals surface area contributed by atoms with Crippen LogP contribution in [0.25, 0.3) is 0 Å². The summed E-state index contributed by atoms with van der Waals surface area (Å²) in [5.74, 6) is 0.544. The summed E-state index contributed by atoms with van der Waals surface area (Å²) >= 11 is 1.63. The molecular weight excluding hydrogens is 258 g/mol. The van der Waals surface area contributed by atoms with Gasteiger partial charge < -0.3 is 11.1 Å². The van der Waals surface area contributed by atoms with Gasteiger partial charge in [0.15, 0.2) is 0 Å². The Morgan fingerprint density at radius 2 is 2.21 bits per heavy atom. The zero-order valence-electron chi connectivity index (χ0n) is 11.5. The second kappa shape index (κ2) is 6.48. The van der Waals surface area contributed by atoms with Gasteiger partial charge in [0.2, 0.25) is 5.91 Å². The molecule has 1 aromatic rings. The lowest BCUT2D eigenvalue weighted by Gasteiger charge is -2.22. The first kappa shape index (κ1) is 15.4. The standard InChI is InChI=1S/C14H19N3OS/c1-4-19-12-7-5-6-11(10(12)8-15)17-9-14(2,3)13(16)18/h5-7,17H,4,9H2,1-3H3,(H2,16,18). The van der Waals surface area contributed by atoms with Crippen LogP contribution >= 0.6 is 11.8 Å². The molecule has 19 heavy (non-hydrogen) atoms. The number of rotatable bonds is 6. The Kier molecular flexibility index (Phi) is 5.25. The number of nitrogens with one attached hydrogen (secondary N) is 1. The van der Waals surface area contributed by atoms with Crippen molar-refractivity contribution in [1.29, 1.82) is 5.26 Å². The first-order valence-electron chi connectivity index (χ1n) is 6.12. The summed E-state index contributed by atoms with van der Waals surface area (Å²) in [4.78, 5) is 12.2. The molecule has 0 saturated carbocycles. The molecule has 0 aliphatic heterocycles. The van der Waals surface area contributed by atoms with E-state index in [4.69, 9.17) is 5.73 Å². The van der Waals surface area contributed by atoms with Crippen LogP contribution < -0.4 is 11.1 Å². The molecule has 0 heterocycles. The summed E-state index contributed by atoms with van der Waals surface area (Å²) in [7, 11) is 0. The van der Waals surface area contributed by atoms with Gasteiger partial charge in [-0.1, -0.05) is 13.0 Å². The molecule has 1 aromatic carbocycles. The van der Waals surface area contributed by atoms with E-state index in [-0.39, 0.29) is 5.91 Å². The van der Waals surface area contributed by atoms with Gasteiger partial charge in [-0.15, -0.1) is 11.8 Å². The van der Waals surface area contributed by atoms with E-state index in [1.165, 1.54) is 0 Å². The van der Waals surface area contributed by atoms with Crippen LogP contribution in [-0.4, -0.2) is 18.2 Å². The third-order valence-electron chi connectivity index (χ3n) is 2.83. The van der Waals surface area contributed by atoms with Crippen LogP contribution in [0.3, 0.4) is 0 Å². The van der Waals surface area contributed by atoms with E-state index in [2.05, 4.69) is 11.4 Å². The highest BCUT2D eigenvalue weighted by molar-refractivity contribution is 7.99. The van der Waals surface area contributed by atoms with Gasteiger partial charge in [0.1, 0.15) is 6.07 Å². The van der Waals surface area contributed by atoms with Crippen LogP contribution in [0.15, 0.2) is 23.1 Å². The number of primary amides is 1. The van der Waals surface area contributed by atoms with Gasteiger partial charge >= 0.3 is 0 Å². The number of nitrogens with zero attached hydrogens (tertiary/aromatic N) is 1. The first-order chi connectivity index (χ1) is 8.92. The molecule has 1 rings (SSSR count). The van der Waals surface area contributed by atoms with Crippen molar-refractivity contribution in [2.45, 2.75) is 25.7 Å². The van der Waals surface area contributed by atoms with Gasteiger partial charge in [0, 0.05) is 11.4 Å². The van der Waals surface area contributed by atoms with Crippen LogP contribution in [0.5, 0.6) is 0 Å². The number of carbonyl (C=O) groups excluding carboxylic acids is 1. The molecule has 1 amide bonds. The van der Waals surface area contributed by atoms with E-state index >= 15 is 0 Å². The SMILES string of the molecule is CCSc1cccc(NCC(C)(C)C(N)=O)c1C#N. The number of anilines is 1. The lowest BCUT2D eigenvalue weighted by Crippen LogP contribution is -2.37. The number of thioether (sulfide) groups is 1. The topological polar surface area (TPSA) is 78.9 Å². The van der Waals surface area contributed by atoms with Crippen LogP contribution in [0.4, 0.5) is 5.69 Å². The van der Waals surface area contributed by atoms with Gasteiger partial charge in [-0.05, 0) is 31.7 Å². The number of nitrogens with two attached hydrogens (primary N) is 1. The van der Waals surface area contributed by atoms with E-state index in [9.17, 15) is 10.1 Å². The molecule has 0 aliphatic rings. The first-order valence-corrected chi connectivity index (χ1v) is 7.10. The van der Waals surface area contributed by atoms with Gasteiger partial charge in [0.05, 0.1) is 16.7 Å². The molecule has 0 spiro atoms. The Morgan fingerprint density at radius 1 is 1.53 bits per heavy atom. The van der Waals surface area contributed by atoms with Crippen LogP contribution in [-0.2, 0) is 4.79 Å². The third kappa shape index (κ3) is 3.90. The van der Waals surface area contributed by atoms with Gasteiger partial charge in [-0.25, -0.2) is 0 Å². The van der Waals surface area contributed by atoms with Crippen molar-refractivity contribution in [3.63, 3.8) is 0 Å². The van der Waals surface area contributed by atoms with Crippen molar-refractivity contribution in [1.82, 2.24) is 0 Å². The fourth-order valence-electron chi connectivity index (χ4n) is 1.47. The summed E-state index contributed by atoms with van der Waals surface area (Å²) < 4.78 is 0. The average Bonchev–Trinajstić information content (AvgIpc) is 2.36. The fourth-order valence-corrected chi connectivity index (χ4v) is 2.26. The second-order valence-electron chi connectivity index (χ2n) is 4.83. The summed E-state index contributed by atoms with van der Waals surface area (Å²) in [6, 6.07) is 7.89. The maximum absolute atomic E-state index is 11.3. The van der Waals surface area contributed by atoms with Gasteiger partial charge in [0.25, 0.3) is 0 Å². The highest BCUT2D eigenvalue weighted by Gasteiger charge is 2.25. The Bertz CT molecular complexity index is 506. The Labute approximate surface area is 118 Å². The number of benzene rings is 1. The molecule has 5 heteroatoms. The molecule has 0 atom stereocenters. The Morgan fingerprint density at radius 3 is 2.74 bits per heavy atom. The minimum Gasteiger partial charge on any atom is -0.383 e. The number of hydrogen-bond acceptors (Lipinski definition) is 4. The van der Waals surface area contributed by atoms with Gasteiger partial charge in [-0.2, -0.15) is 5.26 Å². The molecule has 4 nitrogen and oxygen atoms in total. The number of hydrogen-bond donors (Lipinski definition) is 2. The maximum Gasteiger partial charge on any atom is 0.224 e. The van der Waals surface area contributed by atoms with Crippen molar-refractivity contribution in [2.24, 2.45) is 11.1 Å². The average molecular weight is 277 g/mol. The fraction of sp³-hybridized carbons (Fsp3) is 0.429. The third-order valence-corrected chi connectivity index (χ3v) is 3.77. The van der Waals surface area contributed by atoms with E-state index in [1.807, 2.05) is 25.1 Å². The number of nitriles is 1. The lowest BCUT2D eigenvalue weighted by atomic mass is 9.92. The maximum atomic E-state index is 11.3. The van der Waals surface area contributed by atoms with Crippen LogP contribution in [0, 0.1) is 16.7 Å². The summed E-state index contributed by atoms with van der Waals surface area (Å²) in [5.41, 5.74) is 6.05. The second-order valence-corrected chi connectivity index (χ2v) is 6.13. The monoisotopic (exact) mass is 277 g/mol. The molecular formula is C14H19N3OS. The smallest absolute Gasteiger partial charge is 0.224 e. The van der Waals surface area contributed by atoms with Crippen molar-refractivity contribution < 1.29 is 4.79 Å². The predicted molar refractivity (Wildman–Crippen MR) is 79.0 cm³/mol. The van der Waals surface area contributed by atoms with E-state index in [0.29, 0.717) is 12.1 Å². The van der Waals surface area contributed by atoms with Crippen molar-refractivity contribution in [3.05, 3.63) is 23.8 Å². The van der Waals surface area contributed by atoms with E-state index < -0.39 is 5.41 Å². The number of carbonyl (C=O) groups is 1. The molecule has 0 bridgehead atoms. The van der Waals surface area contributed by atoms with Crippen molar-refractivity contribution in [3.8, 4) is 6.07 Å². The highest BCUT2D eigenvalue weighted by atomic mass is 32.2. The molecule has 102 valence electrons. The van der Waals surface area contributed by atoms with E-state index in [0.717, 1.165) is 16.3 Å². The van der Waals surface area contributed by atoms with Crippen molar-refractivity contribution >= 4 is 23.4 Å². The molecule has 0 radical (unpaired) electrons. The minimum absolute atomic E-state index is 0.363. The highest BCUT2D eigenvalue weighted by Crippen LogP contribution is 2.28. The lowest BCUT2D eigenvalue weighted by molar-refractivity contribution is -0.125. The largest absolute Gasteiger partial charge is 0.383 e. The molecule has 0 aromatic heterocycles. The Hall–Kier alpha value is -1.67. The molecule has 3 N–H and O–H groups in total. The van der Waals surface area contributed by atoms with Crippen molar-refractivity contribution in [2.75, 3.05) is 17.6 Å². The molecule has 0 unspecified atom stereocenters. The van der Waals surface area contributed by atoms with Crippen LogP contribution in [0.1, 0.15) is 26.3 Å². The van der Waals surface area contributed by atoms with E-state index in [1.54, 1.807) is 25.6 Å². The quantitative estimate of drug-likeness (QED) is 0.783. The predicted octanol–water partition coefficient (Wildman–Crippen LogP) is 2.59. The molecule has 0 fully saturated rings.